The average Bonchev–Trinajstić information content (AvgIpc) is 3.03. The van der Waals surface area contributed by atoms with Gasteiger partial charge >= 0.3 is 0 Å². The van der Waals surface area contributed by atoms with Gasteiger partial charge in [-0.1, -0.05) is 35.9 Å². The monoisotopic (exact) mass is 367 g/mol. The van der Waals surface area contributed by atoms with E-state index in [-0.39, 0.29) is 0 Å². The van der Waals surface area contributed by atoms with Crippen LogP contribution in [0.2, 0.25) is 5.02 Å². The Morgan fingerprint density at radius 1 is 1.08 bits per heavy atom. The molecule has 4 rings (SSSR count). The van der Waals surface area contributed by atoms with Crippen LogP contribution < -0.4 is 5.73 Å². The summed E-state index contributed by atoms with van der Waals surface area (Å²) in [5.74, 6) is 0.427. The number of H-pyrrole nitrogens is 1. The first kappa shape index (κ1) is 15.9. The number of fused-ring (bicyclic) bond motifs is 1. The van der Waals surface area contributed by atoms with Crippen LogP contribution in [0, 0.1) is 6.92 Å². The number of aryl methyl sites for hydroxylation is 1. The number of nitrogens with two attached hydrogens (primary N) is 1. The summed E-state index contributed by atoms with van der Waals surface area (Å²) < 4.78 is 0. The summed E-state index contributed by atoms with van der Waals surface area (Å²) in [6.07, 6.45) is 0. The topological polar surface area (TPSA) is 80.5 Å². The van der Waals surface area contributed by atoms with E-state index >= 15 is 0 Å². The zero-order valence-electron chi connectivity index (χ0n) is 13.3. The third-order valence-corrected chi connectivity index (χ3v) is 5.13. The molecule has 0 saturated heterocycles. The quantitative estimate of drug-likeness (QED) is 0.512. The molecule has 0 fully saturated rings. The highest BCUT2D eigenvalue weighted by Crippen LogP contribution is 2.35. The Morgan fingerprint density at radius 3 is 2.68 bits per heavy atom. The summed E-state index contributed by atoms with van der Waals surface area (Å²) in [5.41, 5.74) is 9.75. The van der Waals surface area contributed by atoms with E-state index in [0.29, 0.717) is 16.0 Å². The van der Waals surface area contributed by atoms with Crippen LogP contribution in [0.1, 0.15) is 5.69 Å². The number of nitrogens with one attached hydrogen (secondary N) is 1. The fourth-order valence-electron chi connectivity index (χ4n) is 2.63. The number of nitrogens with zero attached hydrogens (tertiary/aromatic N) is 3. The van der Waals surface area contributed by atoms with Crippen LogP contribution in [0.5, 0.6) is 0 Å². The van der Waals surface area contributed by atoms with Gasteiger partial charge in [-0.25, -0.2) is 9.97 Å². The molecule has 0 aliphatic rings. The number of anilines is 1. The normalized spacial score (nSPS) is 11.1. The Hall–Kier alpha value is -2.57. The molecular formula is C18H14ClN5S. The first-order valence-electron chi connectivity index (χ1n) is 7.63. The maximum atomic E-state index is 6.26. The molecule has 2 heterocycles. The minimum Gasteiger partial charge on any atom is -0.383 e. The van der Waals surface area contributed by atoms with E-state index in [1.54, 1.807) is 0 Å². The number of rotatable bonds is 3. The molecule has 124 valence electrons. The van der Waals surface area contributed by atoms with E-state index in [0.717, 1.165) is 32.7 Å². The van der Waals surface area contributed by atoms with Gasteiger partial charge in [-0.3, -0.25) is 5.10 Å². The van der Waals surface area contributed by atoms with Gasteiger partial charge in [-0.15, -0.1) is 0 Å². The lowest BCUT2D eigenvalue weighted by Crippen LogP contribution is -1.98. The molecule has 3 N–H and O–H groups in total. The van der Waals surface area contributed by atoms with Gasteiger partial charge in [0.15, 0.2) is 5.16 Å². The van der Waals surface area contributed by atoms with Gasteiger partial charge in [0.1, 0.15) is 5.82 Å². The summed E-state index contributed by atoms with van der Waals surface area (Å²) in [7, 11) is 0. The zero-order valence-corrected chi connectivity index (χ0v) is 14.9. The number of hydrogen-bond donors (Lipinski definition) is 2. The fourth-order valence-corrected chi connectivity index (χ4v) is 3.68. The van der Waals surface area contributed by atoms with E-state index in [2.05, 4.69) is 20.2 Å². The van der Waals surface area contributed by atoms with Gasteiger partial charge in [0.25, 0.3) is 0 Å². The highest BCUT2D eigenvalue weighted by Gasteiger charge is 2.14. The number of nitrogen functional groups attached to an aromatic ring is 1. The number of benzene rings is 2. The van der Waals surface area contributed by atoms with Gasteiger partial charge in [0, 0.05) is 16.2 Å². The molecule has 2 aromatic carbocycles. The molecule has 0 bridgehead atoms. The number of hydrogen-bond acceptors (Lipinski definition) is 5. The van der Waals surface area contributed by atoms with Crippen LogP contribution in [-0.2, 0) is 0 Å². The lowest BCUT2D eigenvalue weighted by molar-refractivity contribution is 1.01. The van der Waals surface area contributed by atoms with Gasteiger partial charge in [0.05, 0.1) is 21.6 Å². The van der Waals surface area contributed by atoms with Crippen molar-refractivity contribution in [1.29, 1.82) is 0 Å². The van der Waals surface area contributed by atoms with E-state index < -0.39 is 0 Å². The molecule has 0 spiro atoms. The van der Waals surface area contributed by atoms with Crippen molar-refractivity contribution in [3.8, 4) is 11.3 Å². The molecule has 0 atom stereocenters. The second kappa shape index (κ2) is 6.38. The molecule has 0 unspecified atom stereocenters. The van der Waals surface area contributed by atoms with Crippen molar-refractivity contribution >= 4 is 40.1 Å². The minimum absolute atomic E-state index is 0.427. The Balaban J connectivity index is 1.82. The highest BCUT2D eigenvalue weighted by molar-refractivity contribution is 7.99. The summed E-state index contributed by atoms with van der Waals surface area (Å²) in [6, 6.07) is 15.4. The van der Waals surface area contributed by atoms with Crippen LogP contribution >= 0.6 is 23.4 Å². The van der Waals surface area contributed by atoms with Gasteiger partial charge in [-0.05, 0) is 43.0 Å². The molecule has 7 heteroatoms. The Bertz CT molecular complexity index is 1080. The number of aromatic amines is 1. The van der Waals surface area contributed by atoms with E-state index in [4.69, 9.17) is 17.3 Å². The van der Waals surface area contributed by atoms with Crippen LogP contribution in [-0.4, -0.2) is 20.2 Å². The molecule has 2 aromatic heterocycles. The Morgan fingerprint density at radius 2 is 1.92 bits per heavy atom. The minimum atomic E-state index is 0.427. The summed E-state index contributed by atoms with van der Waals surface area (Å²) in [4.78, 5) is 10.00. The van der Waals surface area contributed by atoms with Crippen molar-refractivity contribution in [3.63, 3.8) is 0 Å². The summed E-state index contributed by atoms with van der Waals surface area (Å²) in [5, 5.41) is 9.30. The van der Waals surface area contributed by atoms with Crippen LogP contribution in [0.4, 0.5) is 5.82 Å². The third kappa shape index (κ3) is 3.06. The summed E-state index contributed by atoms with van der Waals surface area (Å²) in [6.45, 7) is 1.96. The van der Waals surface area contributed by atoms with Crippen LogP contribution in [0.3, 0.4) is 0 Å². The lowest BCUT2D eigenvalue weighted by atomic mass is 10.1. The second-order valence-electron chi connectivity index (χ2n) is 5.56. The van der Waals surface area contributed by atoms with Crippen molar-refractivity contribution in [1.82, 2.24) is 20.2 Å². The first-order valence-corrected chi connectivity index (χ1v) is 8.82. The van der Waals surface area contributed by atoms with Crippen molar-refractivity contribution < 1.29 is 0 Å². The fraction of sp³-hybridized carbons (Fsp3) is 0.0556. The standard InChI is InChI=1S/C18H14ClN5S/c1-10-9-14(24-23-10)11-5-4-7-13-16(11)17(20)22-18(21-13)25-15-8-3-2-6-12(15)19/h2-9H,1H3,(H,23,24)(H2,20,21,22). The zero-order chi connectivity index (χ0) is 17.4. The van der Waals surface area contributed by atoms with Crippen LogP contribution in [0.25, 0.3) is 22.2 Å². The SMILES string of the molecule is Cc1cc(-c2cccc3nc(Sc4ccccc4Cl)nc(N)c23)n[nH]1. The molecule has 4 aromatic rings. The molecule has 0 aliphatic heterocycles. The van der Waals surface area contributed by atoms with Gasteiger partial charge in [-0.2, -0.15) is 5.10 Å². The second-order valence-corrected chi connectivity index (χ2v) is 6.98. The van der Waals surface area contributed by atoms with E-state index in [1.807, 2.05) is 55.5 Å². The highest BCUT2D eigenvalue weighted by atomic mass is 35.5. The molecule has 0 radical (unpaired) electrons. The predicted molar refractivity (Wildman–Crippen MR) is 102 cm³/mol. The van der Waals surface area contributed by atoms with Crippen molar-refractivity contribution in [2.45, 2.75) is 17.0 Å². The van der Waals surface area contributed by atoms with E-state index in [1.165, 1.54) is 11.8 Å². The molecular weight excluding hydrogens is 354 g/mol. The van der Waals surface area contributed by atoms with E-state index in [9.17, 15) is 0 Å². The maximum absolute atomic E-state index is 6.26. The predicted octanol–water partition coefficient (Wildman–Crippen LogP) is 4.72. The smallest absolute Gasteiger partial charge is 0.195 e. The summed E-state index contributed by atoms with van der Waals surface area (Å²) >= 11 is 7.61. The largest absolute Gasteiger partial charge is 0.383 e. The van der Waals surface area contributed by atoms with Gasteiger partial charge < -0.3 is 5.73 Å². The molecule has 5 nitrogen and oxygen atoms in total. The molecule has 0 amide bonds. The van der Waals surface area contributed by atoms with Gasteiger partial charge in [0.2, 0.25) is 0 Å². The lowest BCUT2D eigenvalue weighted by Gasteiger charge is -2.09. The Labute approximate surface area is 153 Å². The van der Waals surface area contributed by atoms with Crippen molar-refractivity contribution in [2.24, 2.45) is 0 Å². The first-order chi connectivity index (χ1) is 12.1. The van der Waals surface area contributed by atoms with Crippen LogP contribution in [0.15, 0.2) is 58.6 Å². The third-order valence-electron chi connectivity index (χ3n) is 3.75. The van der Waals surface area contributed by atoms with Crippen molar-refractivity contribution in [3.05, 3.63) is 59.2 Å². The molecule has 25 heavy (non-hydrogen) atoms. The average molecular weight is 368 g/mol. The van der Waals surface area contributed by atoms with Crippen molar-refractivity contribution in [2.75, 3.05) is 5.73 Å². The number of aromatic nitrogens is 4. The maximum Gasteiger partial charge on any atom is 0.195 e. The Kier molecular flexibility index (Phi) is 4.07. The molecule has 0 aliphatic carbocycles. The molecule has 0 saturated carbocycles. The number of halogens is 1.